The van der Waals surface area contributed by atoms with Crippen molar-refractivity contribution in [1.29, 1.82) is 0 Å². The van der Waals surface area contributed by atoms with E-state index in [-0.39, 0.29) is 11.5 Å². The molecule has 3 aliphatic rings. The molecule has 26 heavy (non-hydrogen) atoms. The fourth-order valence-corrected chi connectivity index (χ4v) is 5.60. The van der Waals surface area contributed by atoms with E-state index in [9.17, 15) is 4.79 Å². The number of nitrogens with two attached hydrogens (primary N) is 1. The number of piperidine rings is 1. The fraction of sp³-hybridized carbons (Fsp3) is 0.667. The van der Waals surface area contributed by atoms with Crippen molar-refractivity contribution in [3.63, 3.8) is 0 Å². The van der Waals surface area contributed by atoms with E-state index in [0.717, 1.165) is 38.4 Å². The highest BCUT2D eigenvalue weighted by Crippen LogP contribution is 2.51. The molecule has 2 N–H and O–H groups in total. The summed E-state index contributed by atoms with van der Waals surface area (Å²) >= 11 is 0. The first-order chi connectivity index (χ1) is 12.6. The molecular formula is C21H30N2O3. The van der Waals surface area contributed by atoms with Crippen LogP contribution in [0.15, 0.2) is 24.3 Å². The van der Waals surface area contributed by atoms with E-state index in [2.05, 4.69) is 11.0 Å². The molecule has 142 valence electrons. The van der Waals surface area contributed by atoms with Crippen LogP contribution in [0.2, 0.25) is 0 Å². The SMILES string of the molecule is COC1(c2cccc(C(N)=O)c2)[C@@H]2CCC[C@H]1CN(C[C@H]1CCOC1)C2. The van der Waals surface area contributed by atoms with Crippen LogP contribution in [-0.4, -0.2) is 50.8 Å². The molecule has 3 fully saturated rings. The number of ether oxygens (including phenoxy) is 2. The van der Waals surface area contributed by atoms with Crippen LogP contribution in [0.1, 0.15) is 41.6 Å². The van der Waals surface area contributed by atoms with Gasteiger partial charge in [-0.1, -0.05) is 18.6 Å². The van der Waals surface area contributed by atoms with Gasteiger partial charge in [-0.05, 0) is 42.9 Å². The maximum Gasteiger partial charge on any atom is 0.248 e. The second-order valence-corrected chi connectivity index (χ2v) is 8.22. The Bertz CT molecular complexity index is 642. The number of hydrogen-bond acceptors (Lipinski definition) is 4. The van der Waals surface area contributed by atoms with Crippen LogP contribution in [0, 0.1) is 17.8 Å². The number of rotatable bonds is 5. The van der Waals surface area contributed by atoms with Gasteiger partial charge in [0.1, 0.15) is 5.60 Å². The van der Waals surface area contributed by atoms with Gasteiger partial charge in [0.2, 0.25) is 5.91 Å². The van der Waals surface area contributed by atoms with Gasteiger partial charge in [-0.25, -0.2) is 0 Å². The number of carbonyl (C=O) groups excluding carboxylic acids is 1. The topological polar surface area (TPSA) is 64.8 Å². The fourth-order valence-electron chi connectivity index (χ4n) is 5.60. The largest absolute Gasteiger partial charge is 0.381 e. The molecule has 1 aromatic carbocycles. The highest BCUT2D eigenvalue weighted by Gasteiger charge is 2.53. The van der Waals surface area contributed by atoms with Gasteiger partial charge >= 0.3 is 0 Å². The molecule has 1 saturated carbocycles. The van der Waals surface area contributed by atoms with Crippen LogP contribution >= 0.6 is 0 Å². The minimum atomic E-state index is -0.373. The van der Waals surface area contributed by atoms with Gasteiger partial charge in [0.15, 0.2) is 0 Å². The first kappa shape index (κ1) is 18.0. The van der Waals surface area contributed by atoms with Gasteiger partial charge in [-0.2, -0.15) is 0 Å². The zero-order valence-corrected chi connectivity index (χ0v) is 15.7. The normalized spacial score (nSPS) is 34.7. The van der Waals surface area contributed by atoms with Crippen molar-refractivity contribution in [2.24, 2.45) is 23.5 Å². The van der Waals surface area contributed by atoms with Crippen molar-refractivity contribution in [2.75, 3.05) is 40.0 Å². The summed E-state index contributed by atoms with van der Waals surface area (Å²) in [6.07, 6.45) is 4.78. The molecule has 4 rings (SSSR count). The average molecular weight is 358 g/mol. The molecule has 2 heterocycles. The van der Waals surface area contributed by atoms with Crippen molar-refractivity contribution in [2.45, 2.75) is 31.3 Å². The molecular weight excluding hydrogens is 328 g/mol. The summed E-state index contributed by atoms with van der Waals surface area (Å²) in [7, 11) is 1.84. The van der Waals surface area contributed by atoms with Gasteiger partial charge in [0.25, 0.3) is 0 Å². The second-order valence-electron chi connectivity index (χ2n) is 8.22. The third-order valence-electron chi connectivity index (χ3n) is 6.75. The molecule has 1 aliphatic carbocycles. The van der Waals surface area contributed by atoms with Gasteiger partial charge in [-0.3, -0.25) is 4.79 Å². The number of hydrogen-bond donors (Lipinski definition) is 1. The quantitative estimate of drug-likeness (QED) is 0.878. The number of likely N-dealkylation sites (tertiary alicyclic amines) is 1. The second kappa shape index (κ2) is 7.29. The van der Waals surface area contributed by atoms with Crippen molar-refractivity contribution >= 4 is 5.91 Å². The molecule has 1 unspecified atom stereocenters. The van der Waals surface area contributed by atoms with Gasteiger partial charge in [0.05, 0.1) is 6.61 Å². The van der Waals surface area contributed by atoms with Crippen LogP contribution in [0.25, 0.3) is 0 Å². The molecule has 4 atom stereocenters. The van der Waals surface area contributed by atoms with E-state index in [1.165, 1.54) is 25.7 Å². The minimum Gasteiger partial charge on any atom is -0.381 e. The Morgan fingerprint density at radius 2 is 2.08 bits per heavy atom. The predicted molar refractivity (Wildman–Crippen MR) is 99.8 cm³/mol. The van der Waals surface area contributed by atoms with Gasteiger partial charge in [0, 0.05) is 50.8 Å². The van der Waals surface area contributed by atoms with E-state index in [1.807, 2.05) is 19.2 Å². The summed E-state index contributed by atoms with van der Waals surface area (Å²) < 4.78 is 11.8. The number of nitrogens with zero attached hydrogens (tertiary/aromatic N) is 1. The van der Waals surface area contributed by atoms with E-state index in [1.54, 1.807) is 6.07 Å². The number of carbonyl (C=O) groups is 1. The lowest BCUT2D eigenvalue weighted by atomic mass is 9.62. The van der Waals surface area contributed by atoms with Crippen LogP contribution in [0.4, 0.5) is 0 Å². The first-order valence-electron chi connectivity index (χ1n) is 9.89. The maximum absolute atomic E-state index is 11.7. The third-order valence-corrected chi connectivity index (χ3v) is 6.75. The Labute approximate surface area is 155 Å². The standard InChI is InChI=1S/C21H30N2O3/c1-25-21(17-5-2-4-16(10-17)20(22)24)18-6-3-7-19(21)13-23(12-18)11-15-8-9-26-14-15/h2,4-5,10,15,18-19H,3,6-9,11-14H2,1H3,(H2,22,24)/t15-,18-,19+,21?/m1/s1. The molecule has 1 amide bonds. The lowest BCUT2D eigenvalue weighted by Gasteiger charge is -2.55. The number of primary amides is 1. The smallest absolute Gasteiger partial charge is 0.248 e. The Morgan fingerprint density at radius 3 is 2.69 bits per heavy atom. The Kier molecular flexibility index (Phi) is 5.04. The molecule has 2 bridgehead atoms. The van der Waals surface area contributed by atoms with Crippen LogP contribution in [0.3, 0.4) is 0 Å². The van der Waals surface area contributed by atoms with E-state index in [0.29, 0.717) is 23.3 Å². The molecule has 5 heteroatoms. The highest BCUT2D eigenvalue weighted by atomic mass is 16.5. The lowest BCUT2D eigenvalue weighted by molar-refractivity contribution is -0.170. The van der Waals surface area contributed by atoms with Crippen LogP contribution < -0.4 is 5.73 Å². The van der Waals surface area contributed by atoms with Crippen molar-refractivity contribution in [1.82, 2.24) is 4.90 Å². The third kappa shape index (κ3) is 3.06. The summed E-state index contributed by atoms with van der Waals surface area (Å²) in [5.74, 6) is 1.20. The number of benzene rings is 1. The average Bonchev–Trinajstić information content (AvgIpc) is 3.14. The Balaban J connectivity index is 1.61. The number of amides is 1. The van der Waals surface area contributed by atoms with Crippen LogP contribution in [0.5, 0.6) is 0 Å². The summed E-state index contributed by atoms with van der Waals surface area (Å²) in [5, 5.41) is 0. The molecule has 1 aromatic rings. The summed E-state index contributed by atoms with van der Waals surface area (Å²) in [4.78, 5) is 14.3. The lowest BCUT2D eigenvalue weighted by Crippen LogP contribution is -2.59. The zero-order valence-electron chi connectivity index (χ0n) is 15.7. The van der Waals surface area contributed by atoms with Crippen molar-refractivity contribution < 1.29 is 14.3 Å². The Hall–Kier alpha value is -1.43. The summed E-state index contributed by atoms with van der Waals surface area (Å²) in [6.45, 7) is 5.06. The van der Waals surface area contributed by atoms with Gasteiger partial charge < -0.3 is 20.1 Å². The molecule has 5 nitrogen and oxygen atoms in total. The van der Waals surface area contributed by atoms with Crippen molar-refractivity contribution in [3.05, 3.63) is 35.4 Å². The monoisotopic (exact) mass is 358 g/mol. The van der Waals surface area contributed by atoms with Gasteiger partial charge in [-0.15, -0.1) is 0 Å². The summed E-state index contributed by atoms with van der Waals surface area (Å²) in [6, 6.07) is 7.80. The molecule has 2 saturated heterocycles. The predicted octanol–water partition coefficient (Wildman–Crippen LogP) is 2.40. The number of fused-ring (bicyclic) bond motifs is 2. The zero-order chi connectivity index (χ0) is 18.1. The van der Waals surface area contributed by atoms with E-state index < -0.39 is 0 Å². The van der Waals surface area contributed by atoms with E-state index in [4.69, 9.17) is 15.2 Å². The minimum absolute atomic E-state index is 0.299. The highest BCUT2D eigenvalue weighted by molar-refractivity contribution is 5.92. The number of methoxy groups -OCH3 is 1. The molecule has 0 aromatic heterocycles. The molecule has 0 radical (unpaired) electrons. The summed E-state index contributed by atoms with van der Waals surface area (Å²) in [5.41, 5.74) is 6.92. The molecule has 0 spiro atoms. The molecule has 2 aliphatic heterocycles. The van der Waals surface area contributed by atoms with Crippen LogP contribution in [-0.2, 0) is 15.1 Å². The maximum atomic E-state index is 11.7. The first-order valence-corrected chi connectivity index (χ1v) is 9.89. The Morgan fingerprint density at radius 1 is 1.31 bits per heavy atom. The van der Waals surface area contributed by atoms with Crippen molar-refractivity contribution in [3.8, 4) is 0 Å². The van der Waals surface area contributed by atoms with E-state index >= 15 is 0 Å².